The van der Waals surface area contributed by atoms with Crippen LogP contribution >= 0.6 is 0 Å². The molecule has 0 aliphatic carbocycles. The smallest absolute Gasteiger partial charge is 0.266 e. The predicted molar refractivity (Wildman–Crippen MR) is 85.7 cm³/mol. The lowest BCUT2D eigenvalue weighted by Crippen LogP contribution is -2.39. The molecule has 1 aliphatic rings. The van der Waals surface area contributed by atoms with Crippen molar-refractivity contribution >= 4 is 17.6 Å². The Morgan fingerprint density at radius 2 is 2.32 bits per heavy atom. The van der Waals surface area contributed by atoms with E-state index in [9.17, 15) is 4.79 Å². The van der Waals surface area contributed by atoms with Crippen LogP contribution < -0.4 is 11.1 Å². The van der Waals surface area contributed by atoms with E-state index in [1.807, 2.05) is 6.92 Å². The number of aliphatic imine (C=N–C) groups is 1. The summed E-state index contributed by atoms with van der Waals surface area (Å²) in [6, 6.07) is 0. The lowest BCUT2D eigenvalue weighted by molar-refractivity contribution is -0.135. The van der Waals surface area contributed by atoms with Crippen LogP contribution in [0.1, 0.15) is 27.2 Å². The highest BCUT2D eigenvalue weighted by Gasteiger charge is 2.27. The average Bonchev–Trinajstić information content (AvgIpc) is 2.50. The third-order valence-corrected chi connectivity index (χ3v) is 2.90. The Morgan fingerprint density at radius 3 is 2.86 bits per heavy atom. The number of nitrogens with two attached hydrogens (primary N) is 1. The van der Waals surface area contributed by atoms with Gasteiger partial charge in [-0.2, -0.15) is 0 Å². The van der Waals surface area contributed by atoms with E-state index in [1.165, 1.54) is 11.1 Å². The molecule has 4 N–H and O–H groups in total. The Balaban J connectivity index is 3.09. The molecule has 1 amide bonds. The van der Waals surface area contributed by atoms with Crippen molar-refractivity contribution in [1.82, 2.24) is 10.2 Å². The molecule has 0 bridgehead atoms. The summed E-state index contributed by atoms with van der Waals surface area (Å²) in [6.45, 7) is 5.73. The first-order valence-corrected chi connectivity index (χ1v) is 6.88. The topological polar surface area (TPSA) is 104 Å². The maximum atomic E-state index is 12.0. The summed E-state index contributed by atoms with van der Waals surface area (Å²) in [6.07, 6.45) is 7.50. The van der Waals surface area contributed by atoms with Gasteiger partial charge in [-0.3, -0.25) is 15.1 Å². The number of carbonyl (C=O) groups is 1. The highest BCUT2D eigenvalue weighted by molar-refractivity contribution is 6.06. The molecule has 0 fully saturated rings. The van der Waals surface area contributed by atoms with Gasteiger partial charge in [-0.1, -0.05) is 6.92 Å². The number of terminal acetylenes is 1. The standard InChI is InChI=1S/C15H21N5O2/c1-5-7-20-13(21)9-22-12(6-2)15(20)19-11(4)18-14(17)10(3)8-16/h2,8H,5,7,9,16H2,1,3-4H3,(H2,17,18,19)/b10-8-. The number of nitrogens with one attached hydrogen (secondary N) is 2. The van der Waals surface area contributed by atoms with Crippen molar-refractivity contribution in [2.45, 2.75) is 27.2 Å². The average molecular weight is 303 g/mol. The van der Waals surface area contributed by atoms with E-state index < -0.39 is 0 Å². The van der Waals surface area contributed by atoms with Crippen LogP contribution in [0.5, 0.6) is 0 Å². The van der Waals surface area contributed by atoms with Crippen molar-refractivity contribution in [2.24, 2.45) is 10.7 Å². The monoisotopic (exact) mass is 303 g/mol. The van der Waals surface area contributed by atoms with E-state index in [2.05, 4.69) is 16.2 Å². The van der Waals surface area contributed by atoms with Crippen molar-refractivity contribution in [2.75, 3.05) is 13.2 Å². The van der Waals surface area contributed by atoms with E-state index in [-0.39, 0.29) is 29.9 Å². The van der Waals surface area contributed by atoms with Crippen LogP contribution in [-0.2, 0) is 9.53 Å². The second-order valence-corrected chi connectivity index (χ2v) is 4.68. The SMILES string of the molecule is C#CC1=C(N=C(C)NC(=N)/C(C)=C\N)N(CCC)C(=O)CO1. The Kier molecular flexibility index (Phi) is 6.20. The molecule has 22 heavy (non-hydrogen) atoms. The van der Waals surface area contributed by atoms with Crippen LogP contribution in [0.25, 0.3) is 0 Å². The molecule has 1 aliphatic heterocycles. The largest absolute Gasteiger partial charge is 0.472 e. The zero-order chi connectivity index (χ0) is 16.7. The number of amidine groups is 2. The van der Waals surface area contributed by atoms with Gasteiger partial charge in [-0.15, -0.1) is 6.42 Å². The number of ether oxygens (including phenoxy) is 1. The minimum atomic E-state index is -0.194. The quantitative estimate of drug-likeness (QED) is 0.408. The Hall–Kier alpha value is -2.75. The Bertz CT molecular complexity index is 596. The highest BCUT2D eigenvalue weighted by Crippen LogP contribution is 2.19. The molecule has 7 heteroatoms. The normalized spacial score (nSPS) is 16.3. The number of amides is 1. The molecule has 118 valence electrons. The van der Waals surface area contributed by atoms with Crippen LogP contribution in [0.3, 0.4) is 0 Å². The molecule has 0 radical (unpaired) electrons. The zero-order valence-electron chi connectivity index (χ0n) is 13.1. The van der Waals surface area contributed by atoms with E-state index in [0.717, 1.165) is 6.42 Å². The molecule has 0 aromatic carbocycles. The molecular weight excluding hydrogens is 282 g/mol. The summed E-state index contributed by atoms with van der Waals surface area (Å²) in [7, 11) is 0. The fourth-order valence-electron chi connectivity index (χ4n) is 1.74. The number of rotatable bonds is 4. The van der Waals surface area contributed by atoms with Gasteiger partial charge in [0.1, 0.15) is 11.7 Å². The lowest BCUT2D eigenvalue weighted by Gasteiger charge is -2.28. The first-order chi connectivity index (χ1) is 10.4. The van der Waals surface area contributed by atoms with Gasteiger partial charge in [-0.25, -0.2) is 4.99 Å². The summed E-state index contributed by atoms with van der Waals surface area (Å²) in [5.41, 5.74) is 5.94. The fraction of sp³-hybridized carbons (Fsp3) is 0.400. The number of allylic oxidation sites excluding steroid dienone is 1. The van der Waals surface area contributed by atoms with Crippen LogP contribution in [0.2, 0.25) is 0 Å². The summed E-state index contributed by atoms with van der Waals surface area (Å²) in [5.74, 6) is 3.24. The van der Waals surface area contributed by atoms with Crippen LogP contribution in [0, 0.1) is 17.8 Å². The molecule has 0 atom stereocenters. The minimum Gasteiger partial charge on any atom is -0.472 e. The summed E-state index contributed by atoms with van der Waals surface area (Å²) < 4.78 is 5.24. The van der Waals surface area contributed by atoms with E-state index in [4.69, 9.17) is 22.3 Å². The minimum absolute atomic E-state index is 0.0874. The summed E-state index contributed by atoms with van der Waals surface area (Å²) >= 11 is 0. The third-order valence-electron chi connectivity index (χ3n) is 2.90. The lowest BCUT2D eigenvalue weighted by atomic mass is 10.3. The van der Waals surface area contributed by atoms with E-state index in [0.29, 0.717) is 18.0 Å². The predicted octanol–water partition coefficient (Wildman–Crippen LogP) is 0.905. The van der Waals surface area contributed by atoms with Crippen LogP contribution in [-0.4, -0.2) is 35.6 Å². The van der Waals surface area contributed by atoms with Crippen molar-refractivity contribution in [3.63, 3.8) is 0 Å². The van der Waals surface area contributed by atoms with Gasteiger partial charge in [0.05, 0.1) is 0 Å². The summed E-state index contributed by atoms with van der Waals surface area (Å²) in [5, 5.41) is 10.6. The molecule has 1 heterocycles. The second-order valence-electron chi connectivity index (χ2n) is 4.68. The molecule has 0 aromatic heterocycles. The molecule has 0 saturated heterocycles. The van der Waals surface area contributed by atoms with Gasteiger partial charge in [0.2, 0.25) is 5.76 Å². The number of hydrogen-bond acceptors (Lipinski definition) is 5. The molecule has 0 unspecified atom stereocenters. The first kappa shape index (κ1) is 17.3. The fourth-order valence-corrected chi connectivity index (χ4v) is 1.74. The van der Waals surface area contributed by atoms with Gasteiger partial charge < -0.3 is 15.8 Å². The molecule has 0 saturated carbocycles. The maximum Gasteiger partial charge on any atom is 0.266 e. The van der Waals surface area contributed by atoms with Crippen LogP contribution in [0.4, 0.5) is 0 Å². The molecule has 1 rings (SSSR count). The van der Waals surface area contributed by atoms with Gasteiger partial charge in [0, 0.05) is 18.3 Å². The summed E-state index contributed by atoms with van der Waals surface area (Å²) in [4.78, 5) is 17.8. The van der Waals surface area contributed by atoms with Gasteiger partial charge in [0.25, 0.3) is 5.91 Å². The molecular formula is C15H21N5O2. The van der Waals surface area contributed by atoms with Crippen molar-refractivity contribution in [1.29, 1.82) is 5.41 Å². The molecule has 0 aromatic rings. The Labute approximate surface area is 130 Å². The number of nitrogens with zero attached hydrogens (tertiary/aromatic N) is 2. The number of carbonyl (C=O) groups excluding carboxylic acids is 1. The first-order valence-electron chi connectivity index (χ1n) is 6.88. The molecule has 7 nitrogen and oxygen atoms in total. The number of hydrogen-bond donors (Lipinski definition) is 3. The third kappa shape index (κ3) is 4.12. The second kappa shape index (κ2) is 7.88. The highest BCUT2D eigenvalue weighted by atomic mass is 16.5. The van der Waals surface area contributed by atoms with Crippen LogP contribution in [0.15, 0.2) is 28.3 Å². The van der Waals surface area contributed by atoms with Crippen molar-refractivity contribution in [3.8, 4) is 12.3 Å². The van der Waals surface area contributed by atoms with Crippen molar-refractivity contribution < 1.29 is 9.53 Å². The van der Waals surface area contributed by atoms with E-state index >= 15 is 0 Å². The van der Waals surface area contributed by atoms with Gasteiger partial charge in [0.15, 0.2) is 12.4 Å². The molecule has 0 spiro atoms. The van der Waals surface area contributed by atoms with E-state index in [1.54, 1.807) is 13.8 Å². The van der Waals surface area contributed by atoms with Crippen molar-refractivity contribution in [3.05, 3.63) is 23.4 Å². The van der Waals surface area contributed by atoms with Gasteiger partial charge >= 0.3 is 0 Å². The Morgan fingerprint density at radius 1 is 1.64 bits per heavy atom. The van der Waals surface area contributed by atoms with Gasteiger partial charge in [-0.05, 0) is 26.2 Å². The zero-order valence-corrected chi connectivity index (χ0v) is 13.1. The maximum absolute atomic E-state index is 12.0.